The lowest BCUT2D eigenvalue weighted by Gasteiger charge is -2.07. The van der Waals surface area contributed by atoms with Crippen LogP contribution in [0.3, 0.4) is 0 Å². The Balaban J connectivity index is 1.57. The third-order valence-corrected chi connectivity index (χ3v) is 4.44. The molecule has 0 aliphatic heterocycles. The number of nitrogens with one attached hydrogen (secondary N) is 1. The lowest BCUT2D eigenvalue weighted by atomic mass is 10.1. The highest BCUT2D eigenvalue weighted by molar-refractivity contribution is 5.94. The molecule has 4 rings (SSSR count). The second kappa shape index (κ2) is 7.33. The average Bonchev–Trinajstić information content (AvgIpc) is 3.18. The van der Waals surface area contributed by atoms with Crippen LogP contribution in [0.2, 0.25) is 0 Å². The molecule has 0 fully saturated rings. The number of benzene rings is 1. The van der Waals surface area contributed by atoms with E-state index in [9.17, 15) is 4.79 Å². The highest BCUT2D eigenvalue weighted by Crippen LogP contribution is 2.22. The maximum absolute atomic E-state index is 12.2. The molecule has 3 aromatic heterocycles. The van der Waals surface area contributed by atoms with Gasteiger partial charge in [-0.1, -0.05) is 12.1 Å². The van der Waals surface area contributed by atoms with Crippen molar-refractivity contribution in [1.82, 2.24) is 19.9 Å². The number of carbonyl (C=O) groups excluding carboxylic acids is 1. The summed E-state index contributed by atoms with van der Waals surface area (Å²) in [4.78, 5) is 21.3. The molecule has 0 atom stereocenters. The normalized spacial score (nSPS) is 10.6. The first-order valence-corrected chi connectivity index (χ1v) is 8.79. The van der Waals surface area contributed by atoms with Crippen LogP contribution in [0.15, 0.2) is 67.1 Å². The smallest absolute Gasteiger partial charge is 0.253 e. The van der Waals surface area contributed by atoms with Crippen LogP contribution in [0, 0.1) is 11.3 Å². The van der Waals surface area contributed by atoms with Crippen molar-refractivity contribution in [2.45, 2.75) is 6.54 Å². The predicted molar refractivity (Wildman–Crippen MR) is 106 cm³/mol. The molecule has 0 saturated carbocycles. The number of nitriles is 1. The number of rotatable bonds is 4. The van der Waals surface area contributed by atoms with E-state index in [-0.39, 0.29) is 5.91 Å². The fraction of sp³-hybridized carbons (Fsp3) is 0.0909. The fourth-order valence-electron chi connectivity index (χ4n) is 2.97. The van der Waals surface area contributed by atoms with Crippen molar-refractivity contribution in [3.63, 3.8) is 0 Å². The molecule has 1 amide bonds. The minimum absolute atomic E-state index is 0.141. The molecule has 1 N–H and O–H groups in total. The van der Waals surface area contributed by atoms with Crippen LogP contribution in [0.4, 0.5) is 0 Å². The first-order chi connectivity index (χ1) is 13.6. The summed E-state index contributed by atoms with van der Waals surface area (Å²) < 4.78 is 1.83. The molecule has 0 bridgehead atoms. The van der Waals surface area contributed by atoms with E-state index in [0.29, 0.717) is 17.7 Å². The summed E-state index contributed by atoms with van der Waals surface area (Å²) in [6, 6.07) is 17.0. The third kappa shape index (κ3) is 3.60. The van der Waals surface area contributed by atoms with Crippen LogP contribution in [-0.2, 0) is 13.6 Å². The number of fused-ring (bicyclic) bond motifs is 1. The van der Waals surface area contributed by atoms with Crippen molar-refractivity contribution in [3.8, 4) is 17.3 Å². The Morgan fingerprint density at radius 1 is 1.21 bits per heavy atom. The van der Waals surface area contributed by atoms with Crippen molar-refractivity contribution in [2.24, 2.45) is 7.05 Å². The van der Waals surface area contributed by atoms with Crippen molar-refractivity contribution in [2.75, 3.05) is 0 Å². The molecule has 0 saturated heterocycles. The van der Waals surface area contributed by atoms with Crippen LogP contribution in [0.25, 0.3) is 22.2 Å². The zero-order valence-electron chi connectivity index (χ0n) is 15.3. The molecule has 136 valence electrons. The van der Waals surface area contributed by atoms with E-state index in [1.54, 1.807) is 24.5 Å². The Morgan fingerprint density at radius 2 is 2.11 bits per heavy atom. The molecule has 0 radical (unpaired) electrons. The van der Waals surface area contributed by atoms with Crippen LogP contribution >= 0.6 is 0 Å². The summed E-state index contributed by atoms with van der Waals surface area (Å²) >= 11 is 0. The molecule has 0 aliphatic rings. The van der Waals surface area contributed by atoms with E-state index >= 15 is 0 Å². The zero-order chi connectivity index (χ0) is 19.5. The van der Waals surface area contributed by atoms with Gasteiger partial charge in [-0.15, -0.1) is 0 Å². The second-order valence-corrected chi connectivity index (χ2v) is 6.51. The Hall–Kier alpha value is -3.98. The van der Waals surface area contributed by atoms with E-state index in [0.717, 1.165) is 27.9 Å². The average molecular weight is 367 g/mol. The summed E-state index contributed by atoms with van der Waals surface area (Å²) in [5, 5.41) is 12.9. The highest BCUT2D eigenvalue weighted by atomic mass is 16.1. The summed E-state index contributed by atoms with van der Waals surface area (Å²) in [5.74, 6) is -0.141. The van der Waals surface area contributed by atoms with Gasteiger partial charge >= 0.3 is 0 Å². The Bertz CT molecular complexity index is 1220. The molecule has 6 nitrogen and oxygen atoms in total. The maximum Gasteiger partial charge on any atom is 0.253 e. The third-order valence-electron chi connectivity index (χ3n) is 4.44. The molecule has 3 heterocycles. The molecule has 1 aromatic carbocycles. The molecule has 4 aromatic rings. The van der Waals surface area contributed by atoms with Gasteiger partial charge in [0.2, 0.25) is 0 Å². The lowest BCUT2D eigenvalue weighted by Crippen LogP contribution is -2.22. The second-order valence-electron chi connectivity index (χ2n) is 6.51. The van der Waals surface area contributed by atoms with Gasteiger partial charge in [-0.2, -0.15) is 5.26 Å². The van der Waals surface area contributed by atoms with Crippen molar-refractivity contribution < 1.29 is 4.79 Å². The Labute approximate surface area is 162 Å². The van der Waals surface area contributed by atoms with Crippen LogP contribution in [-0.4, -0.2) is 20.4 Å². The van der Waals surface area contributed by atoms with Gasteiger partial charge in [-0.25, -0.2) is 4.98 Å². The van der Waals surface area contributed by atoms with Gasteiger partial charge in [-0.05, 0) is 36.4 Å². The van der Waals surface area contributed by atoms with Gasteiger partial charge in [0.25, 0.3) is 5.91 Å². The molecular formula is C22H17N5O. The molecular weight excluding hydrogens is 350 g/mol. The number of aromatic nitrogens is 3. The van der Waals surface area contributed by atoms with Gasteiger partial charge < -0.3 is 9.88 Å². The van der Waals surface area contributed by atoms with E-state index in [1.807, 2.05) is 54.2 Å². The molecule has 28 heavy (non-hydrogen) atoms. The number of aryl methyl sites for hydroxylation is 1. The molecule has 0 spiro atoms. The quantitative estimate of drug-likeness (QED) is 0.599. The van der Waals surface area contributed by atoms with Crippen molar-refractivity contribution in [1.29, 1.82) is 5.26 Å². The Kier molecular flexibility index (Phi) is 4.56. The predicted octanol–water partition coefficient (Wildman–Crippen LogP) is 3.44. The van der Waals surface area contributed by atoms with Gasteiger partial charge in [0.15, 0.2) is 0 Å². The minimum Gasteiger partial charge on any atom is -0.356 e. The van der Waals surface area contributed by atoms with Crippen LogP contribution < -0.4 is 5.32 Å². The number of pyridine rings is 2. The van der Waals surface area contributed by atoms with E-state index in [4.69, 9.17) is 10.2 Å². The SMILES string of the molecule is Cn1ccc(C(=O)NCc2cc3nc(-c4cccc(C#N)c4)ccc3cn2)c1. The van der Waals surface area contributed by atoms with Crippen LogP contribution in [0.1, 0.15) is 21.6 Å². The zero-order valence-corrected chi connectivity index (χ0v) is 15.3. The first-order valence-electron chi connectivity index (χ1n) is 8.79. The van der Waals surface area contributed by atoms with E-state index in [2.05, 4.69) is 16.4 Å². The standard InChI is InChI=1S/C22H17N5O/c1-27-8-7-18(14-27)22(28)25-13-19-10-21-17(12-24-19)5-6-20(26-21)16-4-2-3-15(9-16)11-23/h2-10,12,14H,13H2,1H3,(H,25,28). The van der Waals surface area contributed by atoms with E-state index < -0.39 is 0 Å². The van der Waals surface area contributed by atoms with Gasteiger partial charge in [-0.3, -0.25) is 9.78 Å². The lowest BCUT2D eigenvalue weighted by molar-refractivity contribution is 0.0950. The number of hydrogen-bond acceptors (Lipinski definition) is 4. The number of carbonyl (C=O) groups is 1. The van der Waals surface area contributed by atoms with Crippen molar-refractivity contribution >= 4 is 16.8 Å². The molecule has 0 unspecified atom stereocenters. The maximum atomic E-state index is 12.2. The number of nitrogens with zero attached hydrogens (tertiary/aromatic N) is 4. The topological polar surface area (TPSA) is 83.6 Å². The monoisotopic (exact) mass is 367 g/mol. The largest absolute Gasteiger partial charge is 0.356 e. The summed E-state index contributed by atoms with van der Waals surface area (Å²) in [7, 11) is 1.87. The summed E-state index contributed by atoms with van der Waals surface area (Å²) in [5.41, 5.74) is 4.40. The Morgan fingerprint density at radius 3 is 2.89 bits per heavy atom. The molecule has 0 aliphatic carbocycles. The van der Waals surface area contributed by atoms with Gasteiger partial charge in [0, 0.05) is 36.6 Å². The first kappa shape index (κ1) is 17.4. The molecule has 6 heteroatoms. The highest BCUT2D eigenvalue weighted by Gasteiger charge is 2.08. The van der Waals surface area contributed by atoms with Crippen LogP contribution in [0.5, 0.6) is 0 Å². The fourth-order valence-corrected chi connectivity index (χ4v) is 2.97. The summed E-state index contributed by atoms with van der Waals surface area (Å²) in [6.07, 6.45) is 5.35. The van der Waals surface area contributed by atoms with Crippen molar-refractivity contribution in [3.05, 3.63) is 83.9 Å². The minimum atomic E-state index is -0.141. The van der Waals surface area contributed by atoms with Gasteiger partial charge in [0.1, 0.15) is 0 Å². The van der Waals surface area contributed by atoms with Gasteiger partial charge in [0.05, 0.1) is 40.6 Å². The summed E-state index contributed by atoms with van der Waals surface area (Å²) in [6.45, 7) is 0.319. The number of amides is 1. The number of hydrogen-bond donors (Lipinski definition) is 1. The van der Waals surface area contributed by atoms with E-state index in [1.165, 1.54) is 0 Å².